The van der Waals surface area contributed by atoms with Crippen molar-refractivity contribution in [3.63, 3.8) is 0 Å². The molecule has 0 unspecified atom stereocenters. The smallest absolute Gasteiger partial charge is 0.274 e. The first kappa shape index (κ1) is 6.98. The minimum atomic E-state index is -0.236. The first-order chi connectivity index (χ1) is 3.18. The second-order valence-electron chi connectivity index (χ2n) is 1.80. The van der Waals surface area contributed by atoms with Gasteiger partial charge in [0.15, 0.2) is 0 Å². The van der Waals surface area contributed by atoms with Crippen LogP contribution in [-0.4, -0.2) is 5.37 Å². The summed E-state index contributed by atoms with van der Waals surface area (Å²) >= 11 is 0.461. The highest BCUT2D eigenvalue weighted by Gasteiger charge is 2.18. The molecular formula is C4H10NOS+. The SMILES string of the molecule is CC(C)[C@H](N)[S+]=O. The third-order valence-electron chi connectivity index (χ3n) is 0.768. The zero-order valence-corrected chi connectivity index (χ0v) is 5.37. The van der Waals surface area contributed by atoms with Gasteiger partial charge in [-0.15, -0.1) is 0 Å². The molecule has 0 bridgehead atoms. The first-order valence-corrected chi connectivity index (χ1v) is 3.03. The quantitative estimate of drug-likeness (QED) is 0.422. The fourth-order valence-corrected chi connectivity index (χ4v) is 0.333. The summed E-state index contributed by atoms with van der Waals surface area (Å²) < 4.78 is 9.86. The van der Waals surface area contributed by atoms with Gasteiger partial charge < -0.3 is 0 Å². The van der Waals surface area contributed by atoms with Crippen molar-refractivity contribution in [3.8, 4) is 0 Å². The van der Waals surface area contributed by atoms with Gasteiger partial charge in [0, 0.05) is 10.1 Å². The second-order valence-corrected chi connectivity index (χ2v) is 2.54. The van der Waals surface area contributed by atoms with Crippen LogP contribution in [0.1, 0.15) is 13.8 Å². The van der Waals surface area contributed by atoms with Crippen molar-refractivity contribution in [2.45, 2.75) is 19.2 Å². The summed E-state index contributed by atoms with van der Waals surface area (Å²) in [6.07, 6.45) is 0. The summed E-state index contributed by atoms with van der Waals surface area (Å²) in [4.78, 5) is 0. The second kappa shape index (κ2) is 3.04. The third kappa shape index (κ3) is 2.65. The van der Waals surface area contributed by atoms with Gasteiger partial charge in [0.2, 0.25) is 0 Å². The van der Waals surface area contributed by atoms with E-state index in [1.165, 1.54) is 0 Å². The van der Waals surface area contributed by atoms with E-state index in [1.807, 2.05) is 13.8 Å². The molecule has 0 fully saturated rings. The molecule has 2 N–H and O–H groups in total. The highest BCUT2D eigenvalue weighted by atomic mass is 32.1. The van der Waals surface area contributed by atoms with E-state index in [-0.39, 0.29) is 5.37 Å². The standard InChI is InChI=1S/C4H10NOS/c1-3(2)4(5)7-6/h3-4H,5H2,1-2H3/q+1/t4-/m1/s1. The topological polar surface area (TPSA) is 43.1 Å². The summed E-state index contributed by atoms with van der Waals surface area (Å²) in [5.74, 6) is 0.294. The average Bonchev–Trinajstić information content (AvgIpc) is 1.65. The zero-order valence-electron chi connectivity index (χ0n) is 4.55. The lowest BCUT2D eigenvalue weighted by atomic mass is 10.2. The van der Waals surface area contributed by atoms with E-state index in [0.717, 1.165) is 0 Å². The van der Waals surface area contributed by atoms with E-state index >= 15 is 0 Å². The van der Waals surface area contributed by atoms with Crippen molar-refractivity contribution in [3.05, 3.63) is 0 Å². The molecule has 0 rings (SSSR count). The Morgan fingerprint density at radius 1 is 1.57 bits per heavy atom. The van der Waals surface area contributed by atoms with Crippen LogP contribution in [0.4, 0.5) is 0 Å². The lowest BCUT2D eigenvalue weighted by Gasteiger charge is -1.92. The van der Waals surface area contributed by atoms with Gasteiger partial charge in [-0.25, -0.2) is 0 Å². The van der Waals surface area contributed by atoms with E-state index in [4.69, 9.17) is 5.73 Å². The molecule has 3 heteroatoms. The predicted octanol–water partition coefficient (Wildman–Crippen LogP) is 0.355. The van der Waals surface area contributed by atoms with Crippen LogP contribution in [0.15, 0.2) is 0 Å². The fraction of sp³-hybridized carbons (Fsp3) is 1.00. The monoisotopic (exact) mass is 120 g/mol. The normalized spacial score (nSPS) is 14.3. The largest absolute Gasteiger partial charge is 0.479 e. The van der Waals surface area contributed by atoms with Crippen molar-refractivity contribution in [2.24, 2.45) is 11.7 Å². The summed E-state index contributed by atoms with van der Waals surface area (Å²) in [6, 6.07) is 0. The molecule has 2 nitrogen and oxygen atoms in total. The predicted molar refractivity (Wildman–Crippen MR) is 30.9 cm³/mol. The lowest BCUT2D eigenvalue weighted by molar-refractivity contribution is 0.567. The van der Waals surface area contributed by atoms with Gasteiger partial charge in [-0.1, -0.05) is 13.8 Å². The molecule has 0 aromatic carbocycles. The summed E-state index contributed by atoms with van der Waals surface area (Å²) in [7, 11) is 0. The van der Waals surface area contributed by atoms with E-state index in [1.54, 1.807) is 0 Å². The molecule has 0 spiro atoms. The average molecular weight is 120 g/mol. The zero-order chi connectivity index (χ0) is 5.86. The summed E-state index contributed by atoms with van der Waals surface area (Å²) in [5.41, 5.74) is 5.27. The lowest BCUT2D eigenvalue weighted by Crippen LogP contribution is -2.24. The molecule has 7 heavy (non-hydrogen) atoms. The maximum atomic E-state index is 9.86. The van der Waals surface area contributed by atoms with Crippen molar-refractivity contribution >= 4 is 11.7 Å². The maximum absolute atomic E-state index is 9.86. The minimum absolute atomic E-state index is 0.236. The highest BCUT2D eigenvalue weighted by molar-refractivity contribution is 7.66. The van der Waals surface area contributed by atoms with Gasteiger partial charge >= 0.3 is 11.7 Å². The number of nitrogens with two attached hydrogens (primary N) is 1. The van der Waals surface area contributed by atoms with E-state index < -0.39 is 0 Å². The van der Waals surface area contributed by atoms with E-state index in [2.05, 4.69) is 0 Å². The van der Waals surface area contributed by atoms with Crippen LogP contribution >= 0.6 is 0 Å². The molecule has 1 atom stereocenters. The van der Waals surface area contributed by atoms with Crippen molar-refractivity contribution in [1.82, 2.24) is 0 Å². The Hall–Kier alpha value is -0.0200. The van der Waals surface area contributed by atoms with Crippen LogP contribution < -0.4 is 5.73 Å². The van der Waals surface area contributed by atoms with E-state index in [9.17, 15) is 4.21 Å². The molecular weight excluding hydrogens is 110 g/mol. The molecule has 0 radical (unpaired) electrons. The third-order valence-corrected chi connectivity index (χ3v) is 1.53. The summed E-state index contributed by atoms with van der Waals surface area (Å²) in [6.45, 7) is 3.85. The van der Waals surface area contributed by atoms with Crippen LogP contribution in [-0.2, 0) is 15.9 Å². The van der Waals surface area contributed by atoms with Gasteiger partial charge in [-0.05, 0) is 0 Å². The maximum Gasteiger partial charge on any atom is 0.479 e. The molecule has 0 aliphatic carbocycles. The summed E-state index contributed by atoms with van der Waals surface area (Å²) in [5, 5.41) is -0.236. The fourth-order valence-electron chi connectivity index (χ4n) is 0.111. The van der Waals surface area contributed by atoms with Crippen molar-refractivity contribution in [2.75, 3.05) is 0 Å². The number of rotatable bonds is 2. The minimum Gasteiger partial charge on any atom is -0.274 e. The van der Waals surface area contributed by atoms with Crippen LogP contribution in [0.2, 0.25) is 0 Å². The molecule has 0 aliphatic heterocycles. The van der Waals surface area contributed by atoms with Crippen LogP contribution in [0, 0.1) is 5.92 Å². The molecule has 0 saturated carbocycles. The van der Waals surface area contributed by atoms with Crippen molar-refractivity contribution in [1.29, 1.82) is 0 Å². The van der Waals surface area contributed by atoms with Gasteiger partial charge in [-0.2, -0.15) is 0 Å². The first-order valence-electron chi connectivity index (χ1n) is 2.22. The van der Waals surface area contributed by atoms with Gasteiger partial charge in [-0.3, -0.25) is 5.73 Å². The van der Waals surface area contributed by atoms with E-state index in [0.29, 0.717) is 17.6 Å². The molecule has 0 saturated heterocycles. The molecule has 0 amide bonds. The highest BCUT2D eigenvalue weighted by Crippen LogP contribution is 1.94. The molecule has 0 aliphatic rings. The molecule has 42 valence electrons. The van der Waals surface area contributed by atoms with Crippen LogP contribution in [0.5, 0.6) is 0 Å². The Labute approximate surface area is 47.6 Å². The van der Waals surface area contributed by atoms with Gasteiger partial charge in [0.1, 0.15) is 0 Å². The van der Waals surface area contributed by atoms with Crippen LogP contribution in [0.25, 0.3) is 0 Å². The number of hydrogen-bond donors (Lipinski definition) is 1. The Morgan fingerprint density at radius 3 is 2.00 bits per heavy atom. The Kier molecular flexibility index (Phi) is 3.04. The molecule has 0 heterocycles. The van der Waals surface area contributed by atoms with Crippen molar-refractivity contribution < 1.29 is 4.21 Å². The molecule has 0 aromatic rings. The molecule has 0 aromatic heterocycles. The van der Waals surface area contributed by atoms with Gasteiger partial charge in [0.25, 0.3) is 5.37 Å². The van der Waals surface area contributed by atoms with Gasteiger partial charge in [0.05, 0.1) is 0 Å². The van der Waals surface area contributed by atoms with Crippen LogP contribution in [0.3, 0.4) is 0 Å². The Morgan fingerprint density at radius 2 is 2.00 bits per heavy atom. The number of hydrogen-bond acceptors (Lipinski definition) is 2. The Balaban J connectivity index is 3.33. The Bertz CT molecular complexity index is 64.7.